The van der Waals surface area contributed by atoms with Crippen molar-refractivity contribution in [1.82, 2.24) is 0 Å². The molecule has 2 aromatic carbocycles. The second kappa shape index (κ2) is 6.49. The van der Waals surface area contributed by atoms with Crippen molar-refractivity contribution in [1.29, 1.82) is 0 Å². The highest BCUT2D eigenvalue weighted by atomic mass is 16.6. The van der Waals surface area contributed by atoms with E-state index >= 15 is 0 Å². The van der Waals surface area contributed by atoms with Gasteiger partial charge in [-0.05, 0) is 29.3 Å². The predicted octanol–water partition coefficient (Wildman–Crippen LogP) is 3.72. The third-order valence-electron chi connectivity index (χ3n) is 3.06. The number of anilines is 1. The standard InChI is InChI=1S/C15H13N3O4/c1-16-13-7-4-11(5-8-13)2-3-12-6-9-14(17(19)20)15(10-12)18(21)22/h2-10,16H,1H3. The van der Waals surface area contributed by atoms with Gasteiger partial charge in [0, 0.05) is 24.9 Å². The molecule has 7 heteroatoms. The molecule has 0 unspecified atom stereocenters. The molecular formula is C15H13N3O4. The predicted molar refractivity (Wildman–Crippen MR) is 84.7 cm³/mol. The number of rotatable bonds is 5. The van der Waals surface area contributed by atoms with Crippen LogP contribution in [0.3, 0.4) is 0 Å². The minimum Gasteiger partial charge on any atom is -0.388 e. The fourth-order valence-electron chi connectivity index (χ4n) is 1.90. The van der Waals surface area contributed by atoms with Gasteiger partial charge in [0.2, 0.25) is 0 Å². The lowest BCUT2D eigenvalue weighted by Gasteiger charge is -2.00. The number of hydrogen-bond donors (Lipinski definition) is 1. The summed E-state index contributed by atoms with van der Waals surface area (Å²) < 4.78 is 0. The quantitative estimate of drug-likeness (QED) is 0.515. The lowest BCUT2D eigenvalue weighted by molar-refractivity contribution is -0.422. The van der Waals surface area contributed by atoms with Crippen LogP contribution in [0.2, 0.25) is 0 Å². The Bertz CT molecular complexity index is 739. The maximum Gasteiger partial charge on any atom is 0.346 e. The van der Waals surface area contributed by atoms with Gasteiger partial charge < -0.3 is 5.32 Å². The molecule has 0 bridgehead atoms. The van der Waals surface area contributed by atoms with E-state index < -0.39 is 21.2 Å². The fraction of sp³-hybridized carbons (Fsp3) is 0.0667. The minimum absolute atomic E-state index is 0.513. The third kappa shape index (κ3) is 3.45. The van der Waals surface area contributed by atoms with Gasteiger partial charge in [-0.3, -0.25) is 20.2 Å². The molecule has 0 fully saturated rings. The van der Waals surface area contributed by atoms with E-state index in [-0.39, 0.29) is 0 Å². The van der Waals surface area contributed by atoms with Crippen LogP contribution >= 0.6 is 0 Å². The molecule has 0 spiro atoms. The number of nitro groups is 2. The Morgan fingerprint density at radius 2 is 1.41 bits per heavy atom. The fourth-order valence-corrected chi connectivity index (χ4v) is 1.90. The van der Waals surface area contributed by atoms with Gasteiger partial charge in [0.05, 0.1) is 9.85 Å². The Labute approximate surface area is 126 Å². The van der Waals surface area contributed by atoms with Crippen LogP contribution in [0.4, 0.5) is 17.1 Å². The number of nitrogens with zero attached hydrogens (tertiary/aromatic N) is 2. The molecule has 0 heterocycles. The van der Waals surface area contributed by atoms with Gasteiger partial charge in [-0.1, -0.05) is 24.3 Å². The van der Waals surface area contributed by atoms with Gasteiger partial charge in [0.25, 0.3) is 0 Å². The van der Waals surface area contributed by atoms with E-state index in [0.29, 0.717) is 5.56 Å². The van der Waals surface area contributed by atoms with Crippen molar-refractivity contribution in [3.63, 3.8) is 0 Å². The number of benzene rings is 2. The van der Waals surface area contributed by atoms with E-state index in [2.05, 4.69) is 5.32 Å². The highest BCUT2D eigenvalue weighted by molar-refractivity contribution is 5.73. The maximum atomic E-state index is 10.9. The Hall–Kier alpha value is -3.22. The van der Waals surface area contributed by atoms with Crippen LogP contribution in [0.1, 0.15) is 11.1 Å². The number of nitrogens with one attached hydrogen (secondary N) is 1. The summed E-state index contributed by atoms with van der Waals surface area (Å²) in [4.78, 5) is 20.1. The zero-order valence-electron chi connectivity index (χ0n) is 11.7. The summed E-state index contributed by atoms with van der Waals surface area (Å²) in [6.45, 7) is 0. The highest BCUT2D eigenvalue weighted by Crippen LogP contribution is 2.28. The second-order valence-corrected chi connectivity index (χ2v) is 4.47. The summed E-state index contributed by atoms with van der Waals surface area (Å²) in [7, 11) is 1.82. The van der Waals surface area contributed by atoms with Crippen molar-refractivity contribution in [2.24, 2.45) is 0 Å². The first kappa shape index (κ1) is 15.2. The largest absolute Gasteiger partial charge is 0.388 e. The molecule has 0 aliphatic rings. The topological polar surface area (TPSA) is 98.3 Å². The highest BCUT2D eigenvalue weighted by Gasteiger charge is 2.23. The molecule has 0 atom stereocenters. The van der Waals surface area contributed by atoms with Crippen molar-refractivity contribution in [3.8, 4) is 0 Å². The van der Waals surface area contributed by atoms with E-state index in [0.717, 1.165) is 17.3 Å². The SMILES string of the molecule is CNc1ccc(C=Cc2ccc([N+](=O)[O-])c([N+](=O)[O-])c2)cc1. The van der Waals surface area contributed by atoms with Gasteiger partial charge in [0.1, 0.15) is 0 Å². The first-order chi connectivity index (χ1) is 10.5. The summed E-state index contributed by atoms with van der Waals surface area (Å²) in [6, 6.07) is 11.4. The van der Waals surface area contributed by atoms with Crippen LogP contribution in [0, 0.1) is 20.2 Å². The maximum absolute atomic E-state index is 10.9. The van der Waals surface area contributed by atoms with Gasteiger partial charge in [-0.2, -0.15) is 0 Å². The summed E-state index contributed by atoms with van der Waals surface area (Å²) >= 11 is 0. The van der Waals surface area contributed by atoms with Gasteiger partial charge in [-0.25, -0.2) is 0 Å². The van der Waals surface area contributed by atoms with E-state index in [4.69, 9.17) is 0 Å². The average Bonchev–Trinajstić information content (AvgIpc) is 2.53. The monoisotopic (exact) mass is 299 g/mol. The second-order valence-electron chi connectivity index (χ2n) is 4.47. The third-order valence-corrected chi connectivity index (χ3v) is 3.06. The normalized spacial score (nSPS) is 10.6. The molecule has 0 saturated carbocycles. The Morgan fingerprint density at radius 3 is 1.95 bits per heavy atom. The zero-order valence-corrected chi connectivity index (χ0v) is 11.7. The molecule has 0 aliphatic carbocycles. The summed E-state index contributed by atoms with van der Waals surface area (Å²) in [5.74, 6) is 0. The van der Waals surface area contributed by atoms with Gasteiger partial charge >= 0.3 is 11.4 Å². The van der Waals surface area contributed by atoms with Crippen LogP contribution in [-0.4, -0.2) is 16.9 Å². The smallest absolute Gasteiger partial charge is 0.346 e. The zero-order chi connectivity index (χ0) is 16.1. The average molecular weight is 299 g/mol. The van der Waals surface area contributed by atoms with Crippen molar-refractivity contribution in [2.45, 2.75) is 0 Å². The van der Waals surface area contributed by atoms with E-state index in [1.54, 1.807) is 12.2 Å². The van der Waals surface area contributed by atoms with Crippen LogP contribution < -0.4 is 5.32 Å². The molecule has 2 aromatic rings. The van der Waals surface area contributed by atoms with E-state index in [9.17, 15) is 20.2 Å². The van der Waals surface area contributed by atoms with E-state index in [1.165, 1.54) is 12.1 Å². The van der Waals surface area contributed by atoms with Crippen LogP contribution in [-0.2, 0) is 0 Å². The molecule has 22 heavy (non-hydrogen) atoms. The molecule has 7 nitrogen and oxygen atoms in total. The van der Waals surface area contributed by atoms with Crippen molar-refractivity contribution in [2.75, 3.05) is 12.4 Å². The summed E-state index contributed by atoms with van der Waals surface area (Å²) in [5.41, 5.74) is 1.39. The Morgan fingerprint density at radius 1 is 0.864 bits per heavy atom. The molecule has 0 aliphatic heterocycles. The molecule has 2 rings (SSSR count). The Kier molecular flexibility index (Phi) is 4.47. The molecular weight excluding hydrogens is 286 g/mol. The molecule has 0 saturated heterocycles. The van der Waals surface area contributed by atoms with E-state index in [1.807, 2.05) is 31.3 Å². The minimum atomic E-state index is -0.762. The molecule has 0 aromatic heterocycles. The van der Waals surface area contributed by atoms with Gasteiger partial charge in [0.15, 0.2) is 0 Å². The molecule has 0 amide bonds. The Balaban J connectivity index is 2.28. The lowest BCUT2D eigenvalue weighted by atomic mass is 10.1. The number of nitro benzene ring substituents is 2. The van der Waals surface area contributed by atoms with Crippen LogP contribution in [0.25, 0.3) is 12.2 Å². The first-order valence-electron chi connectivity index (χ1n) is 6.40. The lowest BCUT2D eigenvalue weighted by Crippen LogP contribution is -1.96. The molecule has 0 radical (unpaired) electrons. The molecule has 1 N–H and O–H groups in total. The molecule has 112 valence electrons. The van der Waals surface area contributed by atoms with Crippen LogP contribution in [0.15, 0.2) is 42.5 Å². The van der Waals surface area contributed by atoms with Crippen molar-refractivity contribution >= 4 is 29.2 Å². The summed E-state index contributed by atoms with van der Waals surface area (Å²) in [5, 5.41) is 24.6. The van der Waals surface area contributed by atoms with Crippen molar-refractivity contribution in [3.05, 3.63) is 73.8 Å². The van der Waals surface area contributed by atoms with Crippen LogP contribution in [0.5, 0.6) is 0 Å². The summed E-state index contributed by atoms with van der Waals surface area (Å²) in [6.07, 6.45) is 3.45. The van der Waals surface area contributed by atoms with Crippen molar-refractivity contribution < 1.29 is 9.85 Å². The first-order valence-corrected chi connectivity index (χ1v) is 6.40. The number of hydrogen-bond acceptors (Lipinski definition) is 5. The van der Waals surface area contributed by atoms with Gasteiger partial charge in [-0.15, -0.1) is 0 Å².